The summed E-state index contributed by atoms with van der Waals surface area (Å²) in [6.07, 6.45) is 1.28. The number of nitrogens with one attached hydrogen (secondary N) is 3. The van der Waals surface area contributed by atoms with E-state index in [4.69, 9.17) is 20.8 Å². The summed E-state index contributed by atoms with van der Waals surface area (Å²) in [6, 6.07) is 10.7. The highest BCUT2D eigenvalue weighted by atomic mass is 35.5. The summed E-state index contributed by atoms with van der Waals surface area (Å²) < 4.78 is 24.5. The van der Waals surface area contributed by atoms with Crippen molar-refractivity contribution in [2.45, 2.75) is 13.0 Å². The van der Waals surface area contributed by atoms with Crippen LogP contribution < -0.4 is 20.7 Å². The smallest absolute Gasteiger partial charge is 0.335 e. The molecule has 0 bridgehead atoms. The Labute approximate surface area is 225 Å². The molecule has 1 atom stereocenters. The van der Waals surface area contributed by atoms with Crippen molar-refractivity contribution < 1.29 is 28.2 Å². The number of carboxylic acids is 1. The quantitative estimate of drug-likeness (QED) is 0.266. The number of pyridine rings is 1. The number of methoxy groups -OCH3 is 1. The largest absolute Gasteiger partial charge is 0.495 e. The van der Waals surface area contributed by atoms with Crippen LogP contribution in [0.5, 0.6) is 5.75 Å². The summed E-state index contributed by atoms with van der Waals surface area (Å²) in [5.74, 6) is -1.60. The first kappa shape index (κ1) is 25.7. The number of carbonyl (C=O) groups is 2. The second kappa shape index (κ2) is 10.4. The Kier molecular flexibility index (Phi) is 6.86. The van der Waals surface area contributed by atoms with E-state index in [0.717, 1.165) is 0 Å². The van der Waals surface area contributed by atoms with Crippen molar-refractivity contribution in [1.29, 1.82) is 0 Å². The number of fused-ring (bicyclic) bond motifs is 1. The van der Waals surface area contributed by atoms with Crippen molar-refractivity contribution >= 4 is 52.4 Å². The zero-order chi connectivity index (χ0) is 27.7. The fourth-order valence-corrected chi connectivity index (χ4v) is 4.33. The topological polar surface area (TPSA) is 151 Å². The van der Waals surface area contributed by atoms with Crippen LogP contribution in [-0.2, 0) is 4.79 Å². The highest BCUT2D eigenvalue weighted by Crippen LogP contribution is 2.39. The molecule has 2 aromatic heterocycles. The zero-order valence-electron chi connectivity index (χ0n) is 20.5. The highest BCUT2D eigenvalue weighted by Gasteiger charge is 2.32. The average molecular weight is 551 g/mol. The normalized spacial score (nSPS) is 15.0. The van der Waals surface area contributed by atoms with E-state index >= 15 is 0 Å². The number of amides is 1. The van der Waals surface area contributed by atoms with Crippen molar-refractivity contribution in [3.05, 3.63) is 88.0 Å². The molecule has 5 rings (SSSR count). The summed E-state index contributed by atoms with van der Waals surface area (Å²) >= 11 is 6.62. The Bertz CT molecular complexity index is 1680. The SMILES string of the molecule is COc1cccc(C2N=C(Nc3nc4ccc(F)cc4o3)NC(C)=C2C(=O)Nc2cc(C(=O)O)ccn2)c1Cl. The molecule has 0 saturated heterocycles. The summed E-state index contributed by atoms with van der Waals surface area (Å²) in [6.45, 7) is 1.66. The number of aromatic nitrogens is 2. The molecule has 1 unspecified atom stereocenters. The van der Waals surface area contributed by atoms with E-state index in [1.54, 1.807) is 25.1 Å². The number of oxazole rings is 1. The first-order valence-corrected chi connectivity index (χ1v) is 11.8. The predicted octanol–water partition coefficient (Wildman–Crippen LogP) is 4.75. The Morgan fingerprint density at radius 1 is 1.21 bits per heavy atom. The predicted molar refractivity (Wildman–Crippen MR) is 141 cm³/mol. The minimum absolute atomic E-state index is 0.0390. The molecular formula is C26H20ClFN6O5. The second-order valence-electron chi connectivity index (χ2n) is 8.35. The average Bonchev–Trinajstić information content (AvgIpc) is 3.29. The molecule has 0 fully saturated rings. The van der Waals surface area contributed by atoms with Crippen LogP contribution in [0.2, 0.25) is 5.02 Å². The van der Waals surface area contributed by atoms with Crippen LogP contribution in [0.15, 0.2) is 75.4 Å². The first-order valence-electron chi connectivity index (χ1n) is 11.5. The Morgan fingerprint density at radius 2 is 2.03 bits per heavy atom. The number of guanidine groups is 1. The van der Waals surface area contributed by atoms with Gasteiger partial charge in [-0.3, -0.25) is 10.1 Å². The lowest BCUT2D eigenvalue weighted by Gasteiger charge is -2.27. The fourth-order valence-electron chi connectivity index (χ4n) is 4.02. The Balaban J connectivity index is 1.52. The lowest BCUT2D eigenvalue weighted by molar-refractivity contribution is -0.113. The summed E-state index contributed by atoms with van der Waals surface area (Å²) in [5.41, 5.74) is 1.70. The molecular weight excluding hydrogens is 531 g/mol. The van der Waals surface area contributed by atoms with E-state index in [1.807, 2.05) is 0 Å². The van der Waals surface area contributed by atoms with Gasteiger partial charge in [-0.05, 0) is 37.3 Å². The molecule has 0 spiro atoms. The zero-order valence-corrected chi connectivity index (χ0v) is 21.2. The molecule has 11 nitrogen and oxygen atoms in total. The van der Waals surface area contributed by atoms with Crippen molar-refractivity contribution in [2.75, 3.05) is 17.7 Å². The van der Waals surface area contributed by atoms with E-state index in [-0.39, 0.29) is 39.5 Å². The van der Waals surface area contributed by atoms with Crippen LogP contribution in [0, 0.1) is 5.82 Å². The molecule has 2 aromatic carbocycles. The van der Waals surface area contributed by atoms with Gasteiger partial charge in [-0.2, -0.15) is 4.98 Å². The van der Waals surface area contributed by atoms with Crippen LogP contribution in [0.4, 0.5) is 16.2 Å². The molecule has 1 aliphatic heterocycles. The molecule has 0 radical (unpaired) electrons. The van der Waals surface area contributed by atoms with Gasteiger partial charge in [0.15, 0.2) is 5.58 Å². The maximum absolute atomic E-state index is 13.6. The molecule has 0 saturated carbocycles. The molecule has 1 aliphatic rings. The number of carbonyl (C=O) groups excluding carboxylic acids is 1. The number of ether oxygens (including phenoxy) is 1. The van der Waals surface area contributed by atoms with Gasteiger partial charge >= 0.3 is 12.0 Å². The van der Waals surface area contributed by atoms with E-state index in [2.05, 4.69) is 30.9 Å². The summed E-state index contributed by atoms with van der Waals surface area (Å²) in [5, 5.41) is 18.1. The number of benzene rings is 2. The van der Waals surface area contributed by atoms with Crippen molar-refractivity contribution in [1.82, 2.24) is 15.3 Å². The van der Waals surface area contributed by atoms with Crippen molar-refractivity contribution in [3.8, 4) is 5.75 Å². The third-order valence-electron chi connectivity index (χ3n) is 5.82. The van der Waals surface area contributed by atoms with Crippen molar-refractivity contribution in [2.24, 2.45) is 4.99 Å². The van der Waals surface area contributed by atoms with Gasteiger partial charge in [0.2, 0.25) is 5.96 Å². The number of rotatable bonds is 6. The molecule has 4 N–H and O–H groups in total. The van der Waals surface area contributed by atoms with Gasteiger partial charge in [-0.1, -0.05) is 23.7 Å². The van der Waals surface area contributed by atoms with E-state index in [1.165, 1.54) is 43.6 Å². The highest BCUT2D eigenvalue weighted by molar-refractivity contribution is 6.33. The summed E-state index contributed by atoms with van der Waals surface area (Å²) in [7, 11) is 1.47. The number of halogens is 2. The summed E-state index contributed by atoms with van der Waals surface area (Å²) in [4.78, 5) is 37.8. The van der Waals surface area contributed by atoms with Gasteiger partial charge < -0.3 is 24.9 Å². The lowest BCUT2D eigenvalue weighted by atomic mass is 9.95. The number of allylic oxidation sites excluding steroid dienone is 1. The molecule has 198 valence electrons. The second-order valence-corrected chi connectivity index (χ2v) is 8.73. The minimum atomic E-state index is -1.16. The minimum Gasteiger partial charge on any atom is -0.495 e. The number of aromatic carboxylic acids is 1. The van der Waals surface area contributed by atoms with Gasteiger partial charge in [0.1, 0.15) is 28.9 Å². The first-order chi connectivity index (χ1) is 18.7. The van der Waals surface area contributed by atoms with Crippen LogP contribution in [0.25, 0.3) is 11.1 Å². The van der Waals surface area contributed by atoms with Gasteiger partial charge in [0.25, 0.3) is 5.91 Å². The number of aliphatic imine (C=N–C) groups is 1. The third-order valence-corrected chi connectivity index (χ3v) is 6.22. The maximum atomic E-state index is 13.6. The third kappa shape index (κ3) is 5.22. The molecule has 4 aromatic rings. The van der Waals surface area contributed by atoms with E-state index in [9.17, 15) is 19.1 Å². The number of anilines is 2. The van der Waals surface area contributed by atoms with Crippen molar-refractivity contribution in [3.63, 3.8) is 0 Å². The molecule has 3 heterocycles. The lowest BCUT2D eigenvalue weighted by Crippen LogP contribution is -2.37. The molecule has 0 aliphatic carbocycles. The number of hydrogen-bond donors (Lipinski definition) is 4. The standard InChI is InChI=1S/C26H20ClFN6O5/c1-12-20(23(35)32-19-10-13(24(36)37)8-9-29-19)22(15-4-3-5-17(38-2)21(15)27)33-25(30-12)34-26-31-16-7-6-14(28)11-18(16)39-26/h3-11,22H,1-2H3,(H,36,37)(H,29,32,35)(H2,30,31,33,34). The van der Waals surface area contributed by atoms with Crippen LogP contribution in [0.3, 0.4) is 0 Å². The number of hydrogen-bond acceptors (Lipinski definition) is 9. The monoisotopic (exact) mass is 550 g/mol. The van der Waals surface area contributed by atoms with Crippen LogP contribution >= 0.6 is 11.6 Å². The van der Waals surface area contributed by atoms with E-state index in [0.29, 0.717) is 22.5 Å². The van der Waals surface area contributed by atoms with Gasteiger partial charge in [-0.25, -0.2) is 19.2 Å². The fraction of sp³-hybridized carbons (Fsp3) is 0.115. The van der Waals surface area contributed by atoms with Crippen LogP contribution in [0.1, 0.15) is 28.9 Å². The maximum Gasteiger partial charge on any atom is 0.335 e. The van der Waals surface area contributed by atoms with Gasteiger partial charge in [0, 0.05) is 23.5 Å². The molecule has 13 heteroatoms. The Morgan fingerprint density at radius 3 is 2.79 bits per heavy atom. The Hall–Kier alpha value is -4.97. The molecule has 39 heavy (non-hydrogen) atoms. The number of nitrogens with zero attached hydrogens (tertiary/aromatic N) is 3. The van der Waals surface area contributed by atoms with Crippen LogP contribution in [-0.4, -0.2) is 40.0 Å². The van der Waals surface area contributed by atoms with Gasteiger partial charge in [0.05, 0.1) is 23.3 Å². The van der Waals surface area contributed by atoms with Gasteiger partial charge in [-0.15, -0.1) is 0 Å². The number of carboxylic acid groups (broad SMARTS) is 1. The van der Waals surface area contributed by atoms with E-state index < -0.39 is 23.7 Å². The molecule has 1 amide bonds.